The first kappa shape index (κ1) is 27.3. The van der Waals surface area contributed by atoms with Crippen LogP contribution in [-0.2, 0) is 16.4 Å². The number of ether oxygens (including phenoxy) is 1. The highest BCUT2D eigenvalue weighted by Gasteiger charge is 2.33. The largest absolute Gasteiger partial charge is 0.497 e. The minimum absolute atomic E-state index is 0.0126. The first-order chi connectivity index (χ1) is 18.0. The van der Waals surface area contributed by atoms with Crippen molar-refractivity contribution in [3.05, 3.63) is 83.9 Å². The van der Waals surface area contributed by atoms with Crippen LogP contribution in [0.5, 0.6) is 5.75 Å². The van der Waals surface area contributed by atoms with Gasteiger partial charge >= 0.3 is 6.18 Å². The fourth-order valence-electron chi connectivity index (χ4n) is 3.79. The molecule has 0 radical (unpaired) electrons. The molecular formula is C28H27F3N4O2S. The molecule has 0 fully saturated rings. The van der Waals surface area contributed by atoms with Crippen molar-refractivity contribution in [2.24, 2.45) is 0 Å². The van der Waals surface area contributed by atoms with Crippen molar-refractivity contribution in [2.45, 2.75) is 37.5 Å². The smallest absolute Gasteiger partial charge is 0.418 e. The van der Waals surface area contributed by atoms with E-state index >= 15 is 0 Å². The van der Waals surface area contributed by atoms with Crippen LogP contribution in [-0.4, -0.2) is 33.5 Å². The number of anilines is 1. The van der Waals surface area contributed by atoms with E-state index < -0.39 is 17.6 Å². The van der Waals surface area contributed by atoms with Gasteiger partial charge in [0.15, 0.2) is 11.0 Å². The Morgan fingerprint density at radius 1 is 0.947 bits per heavy atom. The molecule has 0 aliphatic rings. The van der Waals surface area contributed by atoms with Crippen molar-refractivity contribution in [3.63, 3.8) is 0 Å². The molecule has 0 saturated heterocycles. The highest BCUT2D eigenvalue weighted by molar-refractivity contribution is 7.99. The van der Waals surface area contributed by atoms with Crippen molar-refractivity contribution >= 4 is 23.4 Å². The SMILES string of the molecule is COc1ccc(-n2c(SCC(=O)Nc3ccccc3C(F)(F)F)nnc2-c2ccc(C(C)(C)C)cc2)cc1. The molecule has 4 aromatic rings. The van der Waals surface area contributed by atoms with Crippen molar-refractivity contribution in [2.75, 3.05) is 18.2 Å². The van der Waals surface area contributed by atoms with Gasteiger partial charge in [-0.15, -0.1) is 10.2 Å². The summed E-state index contributed by atoms with van der Waals surface area (Å²) in [5.74, 6) is 0.492. The second-order valence-electron chi connectivity index (χ2n) is 9.55. The third-order valence-corrected chi connectivity index (χ3v) is 6.74. The van der Waals surface area contributed by atoms with Gasteiger partial charge in [0.2, 0.25) is 5.91 Å². The van der Waals surface area contributed by atoms with Crippen LogP contribution in [0.1, 0.15) is 31.9 Å². The Kier molecular flexibility index (Phi) is 7.82. The molecule has 0 spiro atoms. The van der Waals surface area contributed by atoms with Gasteiger partial charge in [0.05, 0.1) is 24.1 Å². The topological polar surface area (TPSA) is 69.0 Å². The van der Waals surface area contributed by atoms with E-state index in [0.29, 0.717) is 16.7 Å². The summed E-state index contributed by atoms with van der Waals surface area (Å²) in [5.41, 5.74) is 1.54. The van der Waals surface area contributed by atoms with Crippen LogP contribution in [0.25, 0.3) is 17.1 Å². The molecule has 1 aromatic heterocycles. The number of carbonyl (C=O) groups excluding carboxylic acids is 1. The van der Waals surface area contributed by atoms with Gasteiger partial charge in [0, 0.05) is 11.3 Å². The lowest BCUT2D eigenvalue weighted by Gasteiger charge is -2.19. The molecule has 6 nitrogen and oxygen atoms in total. The first-order valence-electron chi connectivity index (χ1n) is 11.8. The number of amides is 1. The molecule has 0 atom stereocenters. The van der Waals surface area contributed by atoms with E-state index in [0.717, 1.165) is 29.1 Å². The number of alkyl halides is 3. The van der Waals surface area contributed by atoms with Gasteiger partial charge in [0.25, 0.3) is 0 Å². The summed E-state index contributed by atoms with van der Waals surface area (Å²) >= 11 is 1.08. The molecule has 0 unspecified atom stereocenters. The molecule has 1 amide bonds. The number of nitrogens with one attached hydrogen (secondary N) is 1. The van der Waals surface area contributed by atoms with Gasteiger partial charge in [-0.05, 0) is 47.4 Å². The minimum atomic E-state index is -4.58. The molecule has 0 saturated carbocycles. The van der Waals surface area contributed by atoms with Gasteiger partial charge in [-0.3, -0.25) is 9.36 Å². The average Bonchev–Trinajstić information content (AvgIpc) is 3.31. The Hall–Kier alpha value is -3.79. The lowest BCUT2D eigenvalue weighted by Crippen LogP contribution is -2.18. The number of carbonyl (C=O) groups is 1. The van der Waals surface area contributed by atoms with Crippen molar-refractivity contribution in [1.29, 1.82) is 0 Å². The third kappa shape index (κ3) is 6.19. The minimum Gasteiger partial charge on any atom is -0.497 e. The quantitative estimate of drug-likeness (QED) is 0.256. The number of thioether (sulfide) groups is 1. The monoisotopic (exact) mass is 540 g/mol. The van der Waals surface area contributed by atoms with E-state index in [1.807, 2.05) is 41.0 Å². The number of benzene rings is 3. The van der Waals surface area contributed by atoms with Crippen LogP contribution in [0, 0.1) is 0 Å². The Labute approximate surface area is 223 Å². The average molecular weight is 541 g/mol. The van der Waals surface area contributed by atoms with E-state index in [9.17, 15) is 18.0 Å². The highest BCUT2D eigenvalue weighted by atomic mass is 32.2. The summed E-state index contributed by atoms with van der Waals surface area (Å²) in [7, 11) is 1.58. The van der Waals surface area contributed by atoms with Crippen LogP contribution in [0.4, 0.5) is 18.9 Å². The highest BCUT2D eigenvalue weighted by Crippen LogP contribution is 2.35. The second kappa shape index (κ2) is 10.9. The Bertz CT molecular complexity index is 1410. The van der Waals surface area contributed by atoms with Gasteiger partial charge in [-0.1, -0.05) is 68.9 Å². The molecule has 1 heterocycles. The lowest BCUT2D eigenvalue weighted by atomic mass is 9.87. The number of halogens is 3. The fourth-order valence-corrected chi connectivity index (χ4v) is 4.54. The summed E-state index contributed by atoms with van der Waals surface area (Å²) < 4.78 is 47.0. The number of methoxy groups -OCH3 is 1. The summed E-state index contributed by atoms with van der Waals surface area (Å²) in [5, 5.41) is 11.5. The summed E-state index contributed by atoms with van der Waals surface area (Å²) in [6.45, 7) is 6.40. The number of rotatable bonds is 7. The summed E-state index contributed by atoms with van der Waals surface area (Å²) in [4.78, 5) is 12.6. The molecule has 0 aliphatic carbocycles. The standard InChI is InChI=1S/C28H27F3N4O2S/c1-27(2,3)19-11-9-18(10-12-19)25-33-34-26(35(25)20-13-15-21(37-4)16-14-20)38-17-24(36)32-23-8-6-5-7-22(23)28(29,30)31/h5-16H,17H2,1-4H3,(H,32,36). The molecule has 4 rings (SSSR count). The van der Waals surface area contributed by atoms with Gasteiger partial charge < -0.3 is 10.1 Å². The number of para-hydroxylation sites is 1. The van der Waals surface area contributed by atoms with Crippen molar-refractivity contribution in [1.82, 2.24) is 14.8 Å². The molecule has 3 aromatic carbocycles. The number of hydrogen-bond donors (Lipinski definition) is 1. The Morgan fingerprint density at radius 2 is 1.61 bits per heavy atom. The maximum absolute atomic E-state index is 13.3. The van der Waals surface area contributed by atoms with Gasteiger partial charge in [-0.25, -0.2) is 0 Å². The fraction of sp³-hybridized carbons (Fsp3) is 0.250. The lowest BCUT2D eigenvalue weighted by molar-refractivity contribution is -0.137. The molecule has 1 N–H and O–H groups in total. The summed E-state index contributed by atoms with van der Waals surface area (Å²) in [6, 6.07) is 20.2. The van der Waals surface area contributed by atoms with E-state index in [1.54, 1.807) is 19.2 Å². The van der Waals surface area contributed by atoms with E-state index in [-0.39, 0.29) is 16.9 Å². The molecule has 10 heteroatoms. The molecular weight excluding hydrogens is 513 g/mol. The van der Waals surface area contributed by atoms with Crippen LogP contribution in [0.2, 0.25) is 0 Å². The number of aromatic nitrogens is 3. The van der Waals surface area contributed by atoms with Crippen LogP contribution in [0.3, 0.4) is 0 Å². The van der Waals surface area contributed by atoms with E-state index in [2.05, 4.69) is 36.3 Å². The van der Waals surface area contributed by atoms with E-state index in [1.165, 1.54) is 23.8 Å². The maximum Gasteiger partial charge on any atom is 0.418 e. The Balaban J connectivity index is 1.62. The van der Waals surface area contributed by atoms with Gasteiger partial charge in [-0.2, -0.15) is 13.2 Å². The van der Waals surface area contributed by atoms with Crippen molar-refractivity contribution in [3.8, 4) is 22.8 Å². The number of nitrogens with zero attached hydrogens (tertiary/aromatic N) is 3. The molecule has 0 bridgehead atoms. The van der Waals surface area contributed by atoms with Crippen LogP contribution in [0.15, 0.2) is 78.0 Å². The molecule has 0 aliphatic heterocycles. The molecule has 38 heavy (non-hydrogen) atoms. The predicted molar refractivity (Wildman–Crippen MR) is 143 cm³/mol. The second-order valence-corrected chi connectivity index (χ2v) is 10.5. The third-order valence-electron chi connectivity index (χ3n) is 5.81. The zero-order chi connectivity index (χ0) is 27.5. The van der Waals surface area contributed by atoms with Crippen LogP contribution >= 0.6 is 11.8 Å². The van der Waals surface area contributed by atoms with Crippen molar-refractivity contribution < 1.29 is 22.7 Å². The maximum atomic E-state index is 13.3. The zero-order valence-electron chi connectivity index (χ0n) is 21.3. The predicted octanol–water partition coefficient (Wildman–Crippen LogP) is 6.99. The molecule has 198 valence electrons. The zero-order valence-corrected chi connectivity index (χ0v) is 22.2. The van der Waals surface area contributed by atoms with E-state index in [4.69, 9.17) is 4.74 Å². The number of hydrogen-bond acceptors (Lipinski definition) is 5. The Morgan fingerprint density at radius 3 is 2.21 bits per heavy atom. The van der Waals surface area contributed by atoms with Gasteiger partial charge in [0.1, 0.15) is 5.75 Å². The summed E-state index contributed by atoms with van der Waals surface area (Å²) in [6.07, 6.45) is -4.58. The first-order valence-corrected chi connectivity index (χ1v) is 12.8. The van der Waals surface area contributed by atoms with Crippen LogP contribution < -0.4 is 10.1 Å². The normalized spacial score (nSPS) is 11.9.